The standard InChI is InChI=1S/C20H21N3O3S/c1-3-25-18-11-15(6-7-17(18)26-13-16-5-4-8-27-16)12-22-23-19(21)9-14(2)10-20(23)24/h4-12H,3,13,21H2,1-2H3/b22-12-. The number of benzene rings is 1. The smallest absolute Gasteiger partial charge is 0.273 e. The molecule has 0 radical (unpaired) electrons. The summed E-state index contributed by atoms with van der Waals surface area (Å²) in [5, 5.41) is 6.21. The molecule has 2 aromatic heterocycles. The molecule has 2 heterocycles. The van der Waals surface area contributed by atoms with Crippen molar-refractivity contribution in [3.8, 4) is 11.5 Å². The van der Waals surface area contributed by atoms with E-state index in [0.717, 1.165) is 20.7 Å². The van der Waals surface area contributed by atoms with Crippen LogP contribution in [-0.4, -0.2) is 17.5 Å². The van der Waals surface area contributed by atoms with Gasteiger partial charge in [0, 0.05) is 10.9 Å². The minimum atomic E-state index is -0.273. The van der Waals surface area contributed by atoms with Crippen LogP contribution < -0.4 is 20.8 Å². The van der Waals surface area contributed by atoms with E-state index < -0.39 is 0 Å². The normalized spacial score (nSPS) is 11.0. The Morgan fingerprint density at radius 1 is 1.19 bits per heavy atom. The highest BCUT2D eigenvalue weighted by atomic mass is 32.1. The topological polar surface area (TPSA) is 78.8 Å². The van der Waals surface area contributed by atoms with Crippen molar-refractivity contribution in [1.82, 2.24) is 4.68 Å². The molecule has 0 saturated heterocycles. The summed E-state index contributed by atoms with van der Waals surface area (Å²) in [6, 6.07) is 12.7. The van der Waals surface area contributed by atoms with E-state index in [-0.39, 0.29) is 11.4 Å². The van der Waals surface area contributed by atoms with Gasteiger partial charge in [0.1, 0.15) is 12.4 Å². The van der Waals surface area contributed by atoms with Crippen LogP contribution in [0, 0.1) is 6.92 Å². The second-order valence-corrected chi connectivity index (χ2v) is 6.89. The summed E-state index contributed by atoms with van der Waals surface area (Å²) < 4.78 is 12.7. The van der Waals surface area contributed by atoms with Gasteiger partial charge in [-0.25, -0.2) is 0 Å². The van der Waals surface area contributed by atoms with Gasteiger partial charge < -0.3 is 15.2 Å². The lowest BCUT2D eigenvalue weighted by atomic mass is 10.2. The number of nitrogens with zero attached hydrogens (tertiary/aromatic N) is 2. The largest absolute Gasteiger partial charge is 0.490 e. The fraction of sp³-hybridized carbons (Fsp3) is 0.200. The third kappa shape index (κ3) is 4.77. The molecule has 0 amide bonds. The Labute approximate surface area is 161 Å². The summed E-state index contributed by atoms with van der Waals surface area (Å²) in [6.45, 7) is 4.73. The zero-order chi connectivity index (χ0) is 19.2. The van der Waals surface area contributed by atoms with Gasteiger partial charge in [0.2, 0.25) is 0 Å². The summed E-state index contributed by atoms with van der Waals surface area (Å²) in [6.07, 6.45) is 1.57. The number of aromatic nitrogens is 1. The summed E-state index contributed by atoms with van der Waals surface area (Å²) >= 11 is 1.64. The van der Waals surface area contributed by atoms with Gasteiger partial charge >= 0.3 is 0 Å². The monoisotopic (exact) mass is 383 g/mol. The van der Waals surface area contributed by atoms with E-state index in [9.17, 15) is 4.79 Å². The van der Waals surface area contributed by atoms with Gasteiger partial charge in [-0.15, -0.1) is 11.3 Å². The number of hydrogen-bond donors (Lipinski definition) is 1. The van der Waals surface area contributed by atoms with Gasteiger partial charge in [0.25, 0.3) is 5.56 Å². The lowest BCUT2D eigenvalue weighted by molar-refractivity contribution is 0.271. The first-order chi connectivity index (χ1) is 13.1. The van der Waals surface area contributed by atoms with Crippen LogP contribution in [0.3, 0.4) is 0 Å². The zero-order valence-corrected chi connectivity index (χ0v) is 16.0. The molecule has 0 aliphatic heterocycles. The summed E-state index contributed by atoms with van der Waals surface area (Å²) in [7, 11) is 0. The molecule has 0 aliphatic carbocycles. The molecule has 0 spiro atoms. The molecular weight excluding hydrogens is 362 g/mol. The average Bonchev–Trinajstić information content (AvgIpc) is 3.14. The number of nitrogen functional groups attached to an aromatic ring is 1. The highest BCUT2D eigenvalue weighted by Gasteiger charge is 2.07. The Bertz CT molecular complexity index is 994. The number of ether oxygens (including phenoxy) is 2. The Morgan fingerprint density at radius 2 is 2.04 bits per heavy atom. The molecular formula is C20H21N3O3S. The lowest BCUT2D eigenvalue weighted by Crippen LogP contribution is -2.19. The van der Waals surface area contributed by atoms with Crippen LogP contribution in [0.5, 0.6) is 11.5 Å². The molecule has 27 heavy (non-hydrogen) atoms. The van der Waals surface area contributed by atoms with Crippen molar-refractivity contribution >= 4 is 23.4 Å². The maximum Gasteiger partial charge on any atom is 0.273 e. The van der Waals surface area contributed by atoms with Crippen LogP contribution in [0.4, 0.5) is 5.82 Å². The first-order valence-electron chi connectivity index (χ1n) is 8.52. The third-order valence-electron chi connectivity index (χ3n) is 3.72. The SMILES string of the molecule is CCOc1cc(/C=N\n2c(N)cc(C)cc2=O)ccc1OCc1cccs1. The Balaban J connectivity index is 1.82. The van der Waals surface area contributed by atoms with Crippen LogP contribution in [0.15, 0.2) is 57.7 Å². The van der Waals surface area contributed by atoms with Crippen LogP contribution in [-0.2, 0) is 6.61 Å². The maximum absolute atomic E-state index is 12.0. The van der Waals surface area contributed by atoms with Gasteiger partial charge in [-0.3, -0.25) is 4.79 Å². The minimum Gasteiger partial charge on any atom is -0.490 e. The van der Waals surface area contributed by atoms with Crippen molar-refractivity contribution in [2.45, 2.75) is 20.5 Å². The van der Waals surface area contributed by atoms with Gasteiger partial charge in [-0.1, -0.05) is 6.07 Å². The summed E-state index contributed by atoms with van der Waals surface area (Å²) in [5.74, 6) is 1.58. The number of rotatable bonds is 7. The fourth-order valence-corrected chi connectivity index (χ4v) is 3.12. The molecule has 6 nitrogen and oxygen atoms in total. The van der Waals surface area contributed by atoms with Gasteiger partial charge in [0.05, 0.1) is 12.8 Å². The zero-order valence-electron chi connectivity index (χ0n) is 15.2. The molecule has 1 aromatic carbocycles. The molecule has 0 saturated carbocycles. The first-order valence-corrected chi connectivity index (χ1v) is 9.40. The molecule has 7 heteroatoms. The molecule has 0 bridgehead atoms. The average molecular weight is 383 g/mol. The molecule has 0 fully saturated rings. The number of pyridine rings is 1. The lowest BCUT2D eigenvalue weighted by Gasteiger charge is -2.12. The van der Waals surface area contributed by atoms with E-state index in [1.165, 1.54) is 6.07 Å². The quantitative estimate of drug-likeness (QED) is 0.632. The van der Waals surface area contributed by atoms with Crippen LogP contribution in [0.1, 0.15) is 22.9 Å². The molecule has 3 rings (SSSR count). The molecule has 2 N–H and O–H groups in total. The Hall–Kier alpha value is -3.06. The van der Waals surface area contributed by atoms with Crippen LogP contribution in [0.2, 0.25) is 0 Å². The fourth-order valence-electron chi connectivity index (χ4n) is 2.50. The molecule has 3 aromatic rings. The highest BCUT2D eigenvalue weighted by Crippen LogP contribution is 2.29. The van der Waals surface area contributed by atoms with E-state index in [1.54, 1.807) is 23.6 Å². The van der Waals surface area contributed by atoms with Crippen molar-refractivity contribution in [1.29, 1.82) is 0 Å². The predicted octanol–water partition coefficient (Wildman–Crippen LogP) is 3.66. The molecule has 0 aliphatic rings. The third-order valence-corrected chi connectivity index (χ3v) is 4.57. The van der Waals surface area contributed by atoms with Crippen LogP contribution in [0.25, 0.3) is 0 Å². The second-order valence-electron chi connectivity index (χ2n) is 5.86. The van der Waals surface area contributed by atoms with Gasteiger partial charge in [-0.2, -0.15) is 9.78 Å². The minimum absolute atomic E-state index is 0.273. The molecule has 140 valence electrons. The van der Waals surface area contributed by atoms with Crippen molar-refractivity contribution in [2.24, 2.45) is 5.10 Å². The molecule has 0 unspecified atom stereocenters. The van der Waals surface area contributed by atoms with Crippen molar-refractivity contribution in [3.63, 3.8) is 0 Å². The van der Waals surface area contributed by atoms with E-state index in [1.807, 2.05) is 49.6 Å². The van der Waals surface area contributed by atoms with Gasteiger partial charge in [-0.05, 0) is 60.7 Å². The summed E-state index contributed by atoms with van der Waals surface area (Å²) in [5.41, 5.74) is 7.18. The molecule has 0 atom stereocenters. The number of anilines is 1. The maximum atomic E-state index is 12.0. The number of nitrogens with two attached hydrogens (primary N) is 1. The van der Waals surface area contributed by atoms with Crippen molar-refractivity contribution in [2.75, 3.05) is 12.3 Å². The van der Waals surface area contributed by atoms with Crippen molar-refractivity contribution < 1.29 is 9.47 Å². The van der Waals surface area contributed by atoms with E-state index in [0.29, 0.717) is 24.7 Å². The first kappa shape index (κ1) is 18.7. The number of thiophene rings is 1. The highest BCUT2D eigenvalue weighted by molar-refractivity contribution is 7.09. The van der Waals surface area contributed by atoms with E-state index in [2.05, 4.69) is 5.10 Å². The van der Waals surface area contributed by atoms with Crippen molar-refractivity contribution in [3.05, 3.63) is 74.2 Å². The Morgan fingerprint density at radius 3 is 2.74 bits per heavy atom. The number of aryl methyl sites for hydroxylation is 1. The van der Waals surface area contributed by atoms with Gasteiger partial charge in [0.15, 0.2) is 11.5 Å². The second kappa shape index (κ2) is 8.55. The van der Waals surface area contributed by atoms with Crippen LogP contribution >= 0.6 is 11.3 Å². The predicted molar refractivity (Wildman–Crippen MR) is 109 cm³/mol. The number of hydrogen-bond acceptors (Lipinski definition) is 6. The summed E-state index contributed by atoms with van der Waals surface area (Å²) in [4.78, 5) is 13.2. The van der Waals surface area contributed by atoms with E-state index >= 15 is 0 Å². The van der Waals surface area contributed by atoms with E-state index in [4.69, 9.17) is 15.2 Å². The Kier molecular flexibility index (Phi) is 5.93.